The average molecular weight is 397 g/mol. The summed E-state index contributed by atoms with van der Waals surface area (Å²) in [6, 6.07) is 5.15. The summed E-state index contributed by atoms with van der Waals surface area (Å²) in [6.45, 7) is 5.29. The summed E-state index contributed by atoms with van der Waals surface area (Å²) in [5, 5.41) is 3.37. The van der Waals surface area contributed by atoms with E-state index < -0.39 is 0 Å². The number of carbonyl (C=O) groups is 2. The van der Waals surface area contributed by atoms with Gasteiger partial charge < -0.3 is 24.6 Å². The number of benzene rings is 1. The number of piperazine rings is 1. The van der Waals surface area contributed by atoms with Gasteiger partial charge in [0, 0.05) is 44.3 Å². The molecular formula is C18H25ClN4O4. The van der Waals surface area contributed by atoms with Gasteiger partial charge in [-0.1, -0.05) is 11.6 Å². The van der Waals surface area contributed by atoms with Crippen LogP contribution >= 0.6 is 11.6 Å². The van der Waals surface area contributed by atoms with Crippen molar-refractivity contribution in [3.05, 3.63) is 23.2 Å². The largest absolute Gasteiger partial charge is 0.495 e. The van der Waals surface area contributed by atoms with E-state index in [0.717, 1.165) is 0 Å². The molecule has 2 fully saturated rings. The lowest BCUT2D eigenvalue weighted by atomic mass is 10.2. The molecule has 1 N–H and O–H groups in total. The summed E-state index contributed by atoms with van der Waals surface area (Å²) in [7, 11) is 1.55. The molecule has 1 aromatic carbocycles. The van der Waals surface area contributed by atoms with E-state index in [2.05, 4.69) is 5.32 Å². The zero-order valence-electron chi connectivity index (χ0n) is 15.4. The van der Waals surface area contributed by atoms with Crippen LogP contribution in [0.2, 0.25) is 5.02 Å². The number of halogens is 1. The number of anilines is 1. The lowest BCUT2D eigenvalue weighted by Crippen LogP contribution is -2.55. The Balaban J connectivity index is 1.47. The second kappa shape index (κ2) is 9.25. The van der Waals surface area contributed by atoms with Crippen molar-refractivity contribution in [3.63, 3.8) is 0 Å². The zero-order chi connectivity index (χ0) is 19.2. The number of urea groups is 1. The van der Waals surface area contributed by atoms with E-state index in [4.69, 9.17) is 21.1 Å². The van der Waals surface area contributed by atoms with Crippen molar-refractivity contribution in [1.29, 1.82) is 0 Å². The van der Waals surface area contributed by atoms with Crippen molar-refractivity contribution >= 4 is 29.2 Å². The second-order valence-electron chi connectivity index (χ2n) is 6.54. The predicted molar refractivity (Wildman–Crippen MR) is 102 cm³/mol. The van der Waals surface area contributed by atoms with Gasteiger partial charge >= 0.3 is 6.03 Å². The third-order valence-corrected chi connectivity index (χ3v) is 4.96. The number of nitrogens with zero attached hydrogens (tertiary/aromatic N) is 3. The molecule has 0 unspecified atom stereocenters. The van der Waals surface area contributed by atoms with Crippen LogP contribution in [0.1, 0.15) is 0 Å². The normalized spacial score (nSPS) is 18.3. The molecule has 2 heterocycles. The van der Waals surface area contributed by atoms with Crippen LogP contribution in [0.4, 0.5) is 10.5 Å². The van der Waals surface area contributed by atoms with Crippen molar-refractivity contribution in [2.45, 2.75) is 0 Å². The molecule has 1 aromatic rings. The molecular weight excluding hydrogens is 372 g/mol. The van der Waals surface area contributed by atoms with Crippen LogP contribution < -0.4 is 10.1 Å². The molecule has 27 heavy (non-hydrogen) atoms. The molecule has 0 radical (unpaired) electrons. The van der Waals surface area contributed by atoms with Crippen molar-refractivity contribution in [1.82, 2.24) is 14.7 Å². The molecule has 3 amide bonds. The number of hydrogen-bond donors (Lipinski definition) is 1. The number of hydrogen-bond acceptors (Lipinski definition) is 5. The first-order valence-corrected chi connectivity index (χ1v) is 9.42. The predicted octanol–water partition coefficient (Wildman–Crippen LogP) is 1.36. The van der Waals surface area contributed by atoms with Crippen LogP contribution in [0, 0.1) is 0 Å². The average Bonchev–Trinajstić information content (AvgIpc) is 2.69. The van der Waals surface area contributed by atoms with Crippen LogP contribution in [0.15, 0.2) is 18.2 Å². The number of ether oxygens (including phenoxy) is 2. The Morgan fingerprint density at radius 1 is 1.11 bits per heavy atom. The van der Waals surface area contributed by atoms with Gasteiger partial charge in [0.1, 0.15) is 5.75 Å². The van der Waals surface area contributed by atoms with Gasteiger partial charge in [0.2, 0.25) is 5.91 Å². The lowest BCUT2D eigenvalue weighted by Gasteiger charge is -2.38. The number of amides is 3. The summed E-state index contributed by atoms with van der Waals surface area (Å²) in [4.78, 5) is 30.6. The summed E-state index contributed by atoms with van der Waals surface area (Å²) in [6.07, 6.45) is 0. The topological polar surface area (TPSA) is 74.4 Å². The highest BCUT2D eigenvalue weighted by atomic mass is 35.5. The summed E-state index contributed by atoms with van der Waals surface area (Å²) < 4.78 is 10.5. The van der Waals surface area contributed by atoms with Crippen LogP contribution in [0.5, 0.6) is 5.75 Å². The van der Waals surface area contributed by atoms with Crippen molar-refractivity contribution in [3.8, 4) is 5.75 Å². The maximum absolute atomic E-state index is 12.5. The third kappa shape index (κ3) is 5.24. The van der Waals surface area contributed by atoms with Gasteiger partial charge in [-0.05, 0) is 18.2 Å². The number of carbonyl (C=O) groups excluding carboxylic acids is 2. The summed E-state index contributed by atoms with van der Waals surface area (Å²) >= 11 is 5.99. The van der Waals surface area contributed by atoms with Gasteiger partial charge in [0.25, 0.3) is 0 Å². The third-order valence-electron chi connectivity index (χ3n) is 4.73. The molecule has 0 aliphatic carbocycles. The van der Waals surface area contributed by atoms with Crippen molar-refractivity contribution < 1.29 is 19.1 Å². The van der Waals surface area contributed by atoms with Crippen molar-refractivity contribution in [2.24, 2.45) is 0 Å². The first-order chi connectivity index (χ1) is 13.1. The molecule has 0 atom stereocenters. The molecule has 0 saturated carbocycles. The molecule has 0 aromatic heterocycles. The minimum absolute atomic E-state index is 0.0612. The zero-order valence-corrected chi connectivity index (χ0v) is 16.2. The lowest BCUT2D eigenvalue weighted by molar-refractivity contribution is -0.117. The van der Waals surface area contributed by atoms with Gasteiger partial charge in [-0.2, -0.15) is 0 Å². The first kappa shape index (κ1) is 19.7. The Morgan fingerprint density at radius 2 is 1.78 bits per heavy atom. The van der Waals surface area contributed by atoms with Crippen LogP contribution in [-0.4, -0.2) is 92.8 Å². The van der Waals surface area contributed by atoms with E-state index in [-0.39, 0.29) is 18.5 Å². The van der Waals surface area contributed by atoms with E-state index in [9.17, 15) is 9.59 Å². The number of methoxy groups -OCH3 is 1. The molecule has 3 rings (SSSR count). The van der Waals surface area contributed by atoms with E-state index in [0.29, 0.717) is 68.9 Å². The van der Waals surface area contributed by atoms with Gasteiger partial charge in [-0.15, -0.1) is 0 Å². The Labute approximate surface area is 163 Å². The van der Waals surface area contributed by atoms with Crippen LogP contribution in [0.25, 0.3) is 0 Å². The minimum Gasteiger partial charge on any atom is -0.495 e. The Bertz CT molecular complexity index is 673. The van der Waals surface area contributed by atoms with Crippen molar-refractivity contribution in [2.75, 3.05) is 71.5 Å². The fraction of sp³-hybridized carbons (Fsp3) is 0.556. The van der Waals surface area contributed by atoms with Crippen LogP contribution in [-0.2, 0) is 9.53 Å². The highest BCUT2D eigenvalue weighted by Crippen LogP contribution is 2.27. The highest BCUT2D eigenvalue weighted by molar-refractivity contribution is 6.31. The van der Waals surface area contributed by atoms with Gasteiger partial charge in [-0.3, -0.25) is 9.69 Å². The maximum atomic E-state index is 12.5. The Kier molecular flexibility index (Phi) is 6.76. The minimum atomic E-state index is -0.136. The molecule has 148 valence electrons. The second-order valence-corrected chi connectivity index (χ2v) is 6.97. The Hall–Kier alpha value is -2.03. The number of nitrogens with one attached hydrogen (secondary N) is 1. The molecule has 2 saturated heterocycles. The summed E-state index contributed by atoms with van der Waals surface area (Å²) in [5.74, 6) is 0.428. The molecule has 0 spiro atoms. The molecule has 2 aliphatic rings. The van der Waals surface area contributed by atoms with Gasteiger partial charge in [0.05, 0.1) is 32.6 Å². The quantitative estimate of drug-likeness (QED) is 0.831. The maximum Gasteiger partial charge on any atom is 0.320 e. The molecule has 9 heteroatoms. The fourth-order valence-electron chi connectivity index (χ4n) is 3.22. The molecule has 2 aliphatic heterocycles. The summed E-state index contributed by atoms with van der Waals surface area (Å²) in [5.41, 5.74) is 0.552. The van der Waals surface area contributed by atoms with Gasteiger partial charge in [0.15, 0.2) is 0 Å². The van der Waals surface area contributed by atoms with Gasteiger partial charge in [-0.25, -0.2) is 4.79 Å². The van der Waals surface area contributed by atoms with E-state index in [1.165, 1.54) is 0 Å². The highest BCUT2D eigenvalue weighted by Gasteiger charge is 2.27. The van der Waals surface area contributed by atoms with Crippen LogP contribution in [0.3, 0.4) is 0 Å². The number of morpholine rings is 1. The Morgan fingerprint density at radius 3 is 2.44 bits per heavy atom. The monoisotopic (exact) mass is 396 g/mol. The SMILES string of the molecule is COc1ccc(Cl)cc1NC(=O)CN1CCN(C(=O)N2CCOCC2)CC1. The van der Waals surface area contributed by atoms with E-state index >= 15 is 0 Å². The fourth-order valence-corrected chi connectivity index (χ4v) is 3.39. The molecule has 0 bridgehead atoms. The standard InChI is InChI=1S/C18H25ClN4O4/c1-26-16-3-2-14(19)12-15(16)20-17(24)13-21-4-6-22(7-5-21)18(25)23-8-10-27-11-9-23/h2-3,12H,4-11,13H2,1H3,(H,20,24). The smallest absolute Gasteiger partial charge is 0.320 e. The first-order valence-electron chi connectivity index (χ1n) is 9.04. The van der Waals surface area contributed by atoms with E-state index in [1.807, 2.05) is 14.7 Å². The number of rotatable bonds is 4. The van der Waals surface area contributed by atoms with E-state index in [1.54, 1.807) is 25.3 Å². The molecule has 8 nitrogen and oxygen atoms in total.